The van der Waals surface area contributed by atoms with Crippen LogP contribution in [-0.2, 0) is 21.4 Å². The van der Waals surface area contributed by atoms with Crippen LogP contribution in [-0.4, -0.2) is 78.1 Å². The van der Waals surface area contributed by atoms with Gasteiger partial charge < -0.3 is 9.42 Å². The van der Waals surface area contributed by atoms with Crippen LogP contribution in [0.25, 0.3) is 0 Å². The molecular weight excluding hydrogens is 356 g/mol. The van der Waals surface area contributed by atoms with Gasteiger partial charge in [0.25, 0.3) is 0 Å². The molecule has 0 spiro atoms. The Kier molecular flexibility index (Phi) is 5.99. The molecule has 26 heavy (non-hydrogen) atoms. The van der Waals surface area contributed by atoms with Crippen molar-refractivity contribution < 1.29 is 17.7 Å². The summed E-state index contributed by atoms with van der Waals surface area (Å²) in [5.41, 5.74) is 0.864. The smallest absolute Gasteiger partial charge is 0.241 e. The van der Waals surface area contributed by atoms with Gasteiger partial charge in [0.05, 0.1) is 18.0 Å². The van der Waals surface area contributed by atoms with Crippen molar-refractivity contribution in [1.29, 1.82) is 0 Å². The number of carbonyl (C=O) groups excluding carboxylic acids is 1. The van der Waals surface area contributed by atoms with Crippen molar-refractivity contribution in [2.45, 2.75) is 45.7 Å². The van der Waals surface area contributed by atoms with Crippen molar-refractivity contribution in [1.82, 2.24) is 19.3 Å². The van der Waals surface area contributed by atoms with E-state index in [1.54, 1.807) is 0 Å². The van der Waals surface area contributed by atoms with Gasteiger partial charge in [0, 0.05) is 38.8 Å². The fraction of sp³-hybridized carbons (Fsp3) is 0.765. The molecule has 1 unspecified atom stereocenters. The summed E-state index contributed by atoms with van der Waals surface area (Å²) >= 11 is 0. The highest BCUT2D eigenvalue weighted by atomic mass is 32.2. The van der Waals surface area contributed by atoms with Crippen molar-refractivity contribution in [3.63, 3.8) is 0 Å². The van der Waals surface area contributed by atoms with Crippen LogP contribution in [0.15, 0.2) is 10.6 Å². The van der Waals surface area contributed by atoms with Gasteiger partial charge >= 0.3 is 0 Å². The van der Waals surface area contributed by atoms with E-state index in [1.807, 2.05) is 24.8 Å². The SMILES string of the molecule is CCCS(=O)(=O)N1CCCC1C(=O)N1CCN(Cc2cc(C)no2)CC1. The lowest BCUT2D eigenvalue weighted by Gasteiger charge is -2.36. The van der Waals surface area contributed by atoms with E-state index in [4.69, 9.17) is 4.52 Å². The van der Waals surface area contributed by atoms with Gasteiger partial charge in [0.1, 0.15) is 6.04 Å². The third kappa shape index (κ3) is 4.27. The van der Waals surface area contributed by atoms with E-state index >= 15 is 0 Å². The lowest BCUT2D eigenvalue weighted by molar-refractivity contribution is -0.136. The second kappa shape index (κ2) is 8.06. The van der Waals surface area contributed by atoms with Gasteiger partial charge in [-0.1, -0.05) is 12.1 Å². The highest BCUT2D eigenvalue weighted by Crippen LogP contribution is 2.24. The zero-order chi connectivity index (χ0) is 18.7. The van der Waals surface area contributed by atoms with Crippen molar-refractivity contribution in [2.75, 3.05) is 38.5 Å². The molecule has 2 saturated heterocycles. The Balaban J connectivity index is 1.56. The Morgan fingerprint density at radius 3 is 2.62 bits per heavy atom. The minimum atomic E-state index is -3.34. The van der Waals surface area contributed by atoms with Crippen LogP contribution in [0.1, 0.15) is 37.6 Å². The Hall–Kier alpha value is -1.45. The van der Waals surface area contributed by atoms with Gasteiger partial charge in [-0.15, -0.1) is 0 Å². The molecule has 3 heterocycles. The molecule has 1 aromatic heterocycles. The fourth-order valence-corrected chi connectivity index (χ4v) is 5.48. The first-order chi connectivity index (χ1) is 12.4. The summed E-state index contributed by atoms with van der Waals surface area (Å²) in [4.78, 5) is 16.9. The summed E-state index contributed by atoms with van der Waals surface area (Å²) in [6.45, 7) is 7.62. The lowest BCUT2D eigenvalue weighted by atomic mass is 10.2. The summed E-state index contributed by atoms with van der Waals surface area (Å²) in [6.07, 6.45) is 1.95. The van der Waals surface area contributed by atoms with Crippen molar-refractivity contribution >= 4 is 15.9 Å². The first-order valence-corrected chi connectivity index (χ1v) is 10.9. The maximum absolute atomic E-state index is 12.9. The maximum Gasteiger partial charge on any atom is 0.241 e. The third-order valence-corrected chi connectivity index (χ3v) is 7.12. The van der Waals surface area contributed by atoms with Gasteiger partial charge in [-0.05, 0) is 26.2 Å². The molecule has 146 valence electrons. The van der Waals surface area contributed by atoms with Crippen LogP contribution in [0.3, 0.4) is 0 Å². The Bertz CT molecular complexity index is 725. The fourth-order valence-electron chi connectivity index (χ4n) is 3.74. The predicted molar refractivity (Wildman–Crippen MR) is 96.9 cm³/mol. The maximum atomic E-state index is 12.9. The van der Waals surface area contributed by atoms with Crippen LogP contribution < -0.4 is 0 Å². The quantitative estimate of drug-likeness (QED) is 0.722. The van der Waals surface area contributed by atoms with Crippen molar-refractivity contribution in [2.24, 2.45) is 0 Å². The highest BCUT2D eigenvalue weighted by Gasteiger charge is 2.40. The molecule has 0 radical (unpaired) electrons. The summed E-state index contributed by atoms with van der Waals surface area (Å²) in [5, 5.41) is 3.90. The second-order valence-electron chi connectivity index (χ2n) is 7.12. The Labute approximate surface area is 155 Å². The standard InChI is InChI=1S/C17H28N4O4S/c1-3-11-26(23,24)21-6-4-5-16(21)17(22)20-9-7-19(8-10-20)13-15-12-14(2)18-25-15/h12,16H,3-11,13H2,1-2H3. The molecule has 1 aromatic rings. The molecule has 3 rings (SSSR count). The Morgan fingerprint density at radius 2 is 2.00 bits per heavy atom. The zero-order valence-electron chi connectivity index (χ0n) is 15.6. The van der Waals surface area contributed by atoms with E-state index in [2.05, 4.69) is 10.1 Å². The molecule has 9 heteroatoms. The number of carbonyl (C=O) groups is 1. The number of rotatable bonds is 6. The van der Waals surface area contributed by atoms with Gasteiger partial charge in [0.2, 0.25) is 15.9 Å². The van der Waals surface area contributed by atoms with Gasteiger partial charge in [-0.25, -0.2) is 8.42 Å². The van der Waals surface area contributed by atoms with Crippen molar-refractivity contribution in [3.8, 4) is 0 Å². The number of piperazine rings is 1. The van der Waals surface area contributed by atoms with Crippen LogP contribution in [0.5, 0.6) is 0 Å². The minimum Gasteiger partial charge on any atom is -0.360 e. The third-order valence-electron chi connectivity index (χ3n) is 5.05. The highest BCUT2D eigenvalue weighted by molar-refractivity contribution is 7.89. The summed E-state index contributed by atoms with van der Waals surface area (Å²) in [6, 6.07) is 1.40. The summed E-state index contributed by atoms with van der Waals surface area (Å²) in [5.74, 6) is 0.897. The predicted octanol–water partition coefficient (Wildman–Crippen LogP) is 0.831. The largest absolute Gasteiger partial charge is 0.360 e. The lowest BCUT2D eigenvalue weighted by Crippen LogP contribution is -2.54. The molecule has 0 aliphatic carbocycles. The molecule has 1 amide bonds. The number of hydrogen-bond acceptors (Lipinski definition) is 6. The molecule has 0 aromatic carbocycles. The molecule has 8 nitrogen and oxygen atoms in total. The monoisotopic (exact) mass is 384 g/mol. The average Bonchev–Trinajstić information content (AvgIpc) is 3.24. The topological polar surface area (TPSA) is 87.0 Å². The molecule has 2 aliphatic rings. The number of aryl methyl sites for hydroxylation is 1. The first kappa shape index (κ1) is 19.3. The zero-order valence-corrected chi connectivity index (χ0v) is 16.4. The number of nitrogens with zero attached hydrogens (tertiary/aromatic N) is 4. The minimum absolute atomic E-state index is 0.0441. The summed E-state index contributed by atoms with van der Waals surface area (Å²) < 4.78 is 31.5. The average molecular weight is 385 g/mol. The number of aromatic nitrogens is 1. The Morgan fingerprint density at radius 1 is 1.27 bits per heavy atom. The summed E-state index contributed by atoms with van der Waals surface area (Å²) in [7, 11) is -3.34. The second-order valence-corrected chi connectivity index (χ2v) is 9.16. The molecule has 0 bridgehead atoms. The van der Waals surface area contributed by atoms with E-state index in [1.165, 1.54) is 4.31 Å². The van der Waals surface area contributed by atoms with E-state index in [-0.39, 0.29) is 11.7 Å². The van der Waals surface area contributed by atoms with E-state index in [0.717, 1.165) is 31.0 Å². The molecule has 2 aliphatic heterocycles. The molecular formula is C17H28N4O4S. The van der Waals surface area contributed by atoms with Gasteiger partial charge in [0.15, 0.2) is 5.76 Å². The first-order valence-electron chi connectivity index (χ1n) is 9.33. The van der Waals surface area contributed by atoms with Gasteiger partial charge in [-0.2, -0.15) is 4.31 Å². The number of hydrogen-bond donors (Lipinski definition) is 0. The van der Waals surface area contributed by atoms with Crippen LogP contribution in [0, 0.1) is 6.92 Å². The normalized spacial score (nSPS) is 22.8. The molecule has 0 saturated carbocycles. The van der Waals surface area contributed by atoms with Gasteiger partial charge in [-0.3, -0.25) is 9.69 Å². The van der Waals surface area contributed by atoms with E-state index in [9.17, 15) is 13.2 Å². The van der Waals surface area contributed by atoms with Crippen LogP contribution in [0.4, 0.5) is 0 Å². The molecule has 2 fully saturated rings. The van der Waals surface area contributed by atoms with Crippen LogP contribution in [0.2, 0.25) is 0 Å². The van der Waals surface area contributed by atoms with E-state index < -0.39 is 16.1 Å². The molecule has 1 atom stereocenters. The molecule has 0 N–H and O–H groups in total. The van der Waals surface area contributed by atoms with E-state index in [0.29, 0.717) is 39.0 Å². The number of amides is 1. The van der Waals surface area contributed by atoms with Crippen LogP contribution >= 0.6 is 0 Å². The van der Waals surface area contributed by atoms with Crippen molar-refractivity contribution in [3.05, 3.63) is 17.5 Å². The number of sulfonamides is 1.